The maximum atomic E-state index is 2.49. The van der Waals surface area contributed by atoms with E-state index in [2.05, 4.69) is 25.8 Å². The number of hydrogen-bond acceptors (Lipinski definition) is 1. The second-order valence-corrected chi connectivity index (χ2v) is 6.04. The molecule has 0 N–H and O–H groups in total. The third-order valence-electron chi connectivity index (χ3n) is 4.43. The molecule has 0 aromatic heterocycles. The summed E-state index contributed by atoms with van der Waals surface area (Å²) in [5.74, 6) is 2.00. The Labute approximate surface area is 88.9 Å². The molecular weight excluding hydrogens is 170 g/mol. The van der Waals surface area contributed by atoms with Gasteiger partial charge in [0.05, 0.1) is 0 Å². The highest BCUT2D eigenvalue weighted by Gasteiger charge is 2.53. The van der Waals surface area contributed by atoms with Gasteiger partial charge in [-0.05, 0) is 63.1 Å². The first-order chi connectivity index (χ1) is 6.62. The minimum absolute atomic E-state index is 0.821. The van der Waals surface area contributed by atoms with Crippen LogP contribution in [0.1, 0.15) is 46.0 Å². The van der Waals surface area contributed by atoms with Crippen molar-refractivity contribution in [2.45, 2.75) is 46.0 Å². The first kappa shape index (κ1) is 10.5. The van der Waals surface area contributed by atoms with Gasteiger partial charge in [-0.3, -0.25) is 0 Å². The second-order valence-electron chi connectivity index (χ2n) is 6.04. The molecule has 1 saturated heterocycles. The number of likely N-dealkylation sites (tertiary alicyclic amines) is 1. The molecular formula is C13H25N. The molecule has 2 fully saturated rings. The topological polar surface area (TPSA) is 3.24 Å². The molecule has 2 aliphatic rings. The smallest absolute Gasteiger partial charge is 0.00164 e. The molecule has 1 heterocycles. The average Bonchev–Trinajstić information content (AvgIpc) is 2.82. The summed E-state index contributed by atoms with van der Waals surface area (Å²) in [6.45, 7) is 7.39. The fourth-order valence-electron chi connectivity index (χ4n) is 3.05. The van der Waals surface area contributed by atoms with Gasteiger partial charge in [0.15, 0.2) is 0 Å². The van der Waals surface area contributed by atoms with Crippen molar-refractivity contribution in [3.63, 3.8) is 0 Å². The molecule has 1 unspecified atom stereocenters. The van der Waals surface area contributed by atoms with Crippen molar-refractivity contribution in [1.82, 2.24) is 4.90 Å². The summed E-state index contributed by atoms with van der Waals surface area (Å²) in [5.41, 5.74) is 0.821. The van der Waals surface area contributed by atoms with E-state index < -0.39 is 0 Å². The Morgan fingerprint density at radius 2 is 1.93 bits per heavy atom. The molecule has 0 bridgehead atoms. The lowest BCUT2D eigenvalue weighted by Crippen LogP contribution is -2.31. The predicted molar refractivity (Wildman–Crippen MR) is 61.3 cm³/mol. The summed E-state index contributed by atoms with van der Waals surface area (Å²) in [5, 5.41) is 0. The summed E-state index contributed by atoms with van der Waals surface area (Å²) >= 11 is 0. The van der Waals surface area contributed by atoms with Crippen LogP contribution in [-0.4, -0.2) is 25.0 Å². The lowest BCUT2D eigenvalue weighted by molar-refractivity contribution is 0.190. The Morgan fingerprint density at radius 1 is 1.29 bits per heavy atom. The van der Waals surface area contributed by atoms with Gasteiger partial charge >= 0.3 is 0 Å². The molecule has 1 saturated carbocycles. The van der Waals surface area contributed by atoms with Gasteiger partial charge in [0, 0.05) is 0 Å². The van der Waals surface area contributed by atoms with Crippen molar-refractivity contribution in [2.75, 3.05) is 20.1 Å². The van der Waals surface area contributed by atoms with Crippen LogP contribution in [0.5, 0.6) is 0 Å². The lowest BCUT2D eigenvalue weighted by Gasteiger charge is -2.30. The quantitative estimate of drug-likeness (QED) is 0.668. The summed E-state index contributed by atoms with van der Waals surface area (Å²) in [4.78, 5) is 2.49. The summed E-state index contributed by atoms with van der Waals surface area (Å²) < 4.78 is 0. The first-order valence-electron chi connectivity index (χ1n) is 6.31. The maximum Gasteiger partial charge on any atom is -0.00164 e. The van der Waals surface area contributed by atoms with E-state index in [1.54, 1.807) is 6.42 Å². The normalized spacial score (nSPS) is 31.3. The van der Waals surface area contributed by atoms with E-state index in [9.17, 15) is 0 Å². The van der Waals surface area contributed by atoms with E-state index in [0.717, 1.165) is 17.3 Å². The Balaban J connectivity index is 1.74. The molecule has 1 heteroatoms. The van der Waals surface area contributed by atoms with Gasteiger partial charge in [-0.1, -0.05) is 20.3 Å². The highest BCUT2D eigenvalue weighted by Crippen LogP contribution is 2.61. The largest absolute Gasteiger partial charge is 0.306 e. The van der Waals surface area contributed by atoms with Crippen molar-refractivity contribution < 1.29 is 0 Å². The summed E-state index contributed by atoms with van der Waals surface area (Å²) in [7, 11) is 2.26. The van der Waals surface area contributed by atoms with E-state index in [1.165, 1.54) is 38.8 Å². The van der Waals surface area contributed by atoms with Crippen LogP contribution in [-0.2, 0) is 0 Å². The highest BCUT2D eigenvalue weighted by atomic mass is 15.1. The van der Waals surface area contributed by atoms with Crippen LogP contribution in [0.15, 0.2) is 0 Å². The van der Waals surface area contributed by atoms with Gasteiger partial charge in [-0.25, -0.2) is 0 Å². The molecule has 0 amide bonds. The molecule has 1 atom stereocenters. The zero-order valence-electron chi connectivity index (χ0n) is 10.1. The molecule has 82 valence electrons. The second kappa shape index (κ2) is 3.84. The SMILES string of the molecule is CC(C)CCC1CC12CCN(C)CC2. The zero-order chi connectivity index (χ0) is 10.2. The van der Waals surface area contributed by atoms with Gasteiger partial charge < -0.3 is 4.90 Å². The van der Waals surface area contributed by atoms with Gasteiger partial charge in [0.1, 0.15) is 0 Å². The Kier molecular flexibility index (Phi) is 2.88. The monoisotopic (exact) mass is 195 g/mol. The highest BCUT2D eigenvalue weighted by molar-refractivity contribution is 5.04. The molecule has 0 aromatic rings. The molecule has 2 rings (SSSR count). The van der Waals surface area contributed by atoms with Crippen molar-refractivity contribution >= 4 is 0 Å². The standard InChI is InChI=1S/C13H25N/c1-11(2)4-5-12-10-13(12)6-8-14(3)9-7-13/h11-12H,4-10H2,1-3H3. The van der Waals surface area contributed by atoms with Crippen LogP contribution >= 0.6 is 0 Å². The Morgan fingerprint density at radius 3 is 2.50 bits per heavy atom. The van der Waals surface area contributed by atoms with Crippen molar-refractivity contribution in [3.05, 3.63) is 0 Å². The minimum atomic E-state index is 0.821. The number of hydrogen-bond donors (Lipinski definition) is 0. The van der Waals surface area contributed by atoms with Gasteiger partial charge in [-0.2, -0.15) is 0 Å². The van der Waals surface area contributed by atoms with E-state index in [0.29, 0.717) is 0 Å². The summed E-state index contributed by atoms with van der Waals surface area (Å²) in [6.07, 6.45) is 7.45. The first-order valence-corrected chi connectivity index (χ1v) is 6.31. The lowest BCUT2D eigenvalue weighted by atomic mass is 9.89. The van der Waals surface area contributed by atoms with Crippen LogP contribution in [0.3, 0.4) is 0 Å². The molecule has 1 spiro atoms. The summed E-state index contributed by atoms with van der Waals surface area (Å²) in [6, 6.07) is 0. The van der Waals surface area contributed by atoms with Crippen molar-refractivity contribution in [3.8, 4) is 0 Å². The van der Waals surface area contributed by atoms with Crippen LogP contribution < -0.4 is 0 Å². The van der Waals surface area contributed by atoms with Gasteiger partial charge in [0.2, 0.25) is 0 Å². The fraction of sp³-hybridized carbons (Fsp3) is 1.00. The van der Waals surface area contributed by atoms with E-state index >= 15 is 0 Å². The molecule has 14 heavy (non-hydrogen) atoms. The van der Waals surface area contributed by atoms with Gasteiger partial charge in [0.25, 0.3) is 0 Å². The number of piperidine rings is 1. The zero-order valence-corrected chi connectivity index (χ0v) is 10.1. The van der Waals surface area contributed by atoms with E-state index in [-0.39, 0.29) is 0 Å². The van der Waals surface area contributed by atoms with Crippen LogP contribution in [0.4, 0.5) is 0 Å². The number of nitrogens with zero attached hydrogens (tertiary/aromatic N) is 1. The average molecular weight is 195 g/mol. The molecule has 1 nitrogen and oxygen atoms in total. The van der Waals surface area contributed by atoms with Gasteiger partial charge in [-0.15, -0.1) is 0 Å². The van der Waals surface area contributed by atoms with E-state index in [4.69, 9.17) is 0 Å². The number of rotatable bonds is 3. The minimum Gasteiger partial charge on any atom is -0.306 e. The Bertz CT molecular complexity index is 189. The third kappa shape index (κ3) is 2.13. The predicted octanol–water partition coefficient (Wildman–Crippen LogP) is 3.15. The van der Waals surface area contributed by atoms with Crippen molar-refractivity contribution in [2.24, 2.45) is 17.3 Å². The maximum absolute atomic E-state index is 2.49. The molecule has 0 radical (unpaired) electrons. The van der Waals surface area contributed by atoms with Crippen LogP contribution in [0.25, 0.3) is 0 Å². The van der Waals surface area contributed by atoms with Crippen molar-refractivity contribution in [1.29, 1.82) is 0 Å². The Hall–Kier alpha value is -0.0400. The van der Waals surface area contributed by atoms with Crippen LogP contribution in [0, 0.1) is 17.3 Å². The van der Waals surface area contributed by atoms with E-state index in [1.807, 2.05) is 0 Å². The molecule has 1 aliphatic heterocycles. The third-order valence-corrected chi connectivity index (χ3v) is 4.43. The molecule has 1 aliphatic carbocycles. The fourth-order valence-corrected chi connectivity index (χ4v) is 3.05. The van der Waals surface area contributed by atoms with Crippen LogP contribution in [0.2, 0.25) is 0 Å². The molecule has 0 aromatic carbocycles.